The van der Waals surface area contributed by atoms with Crippen LogP contribution in [0.1, 0.15) is 13.8 Å². The third-order valence-corrected chi connectivity index (χ3v) is 3.85. The van der Waals surface area contributed by atoms with Gasteiger partial charge in [-0.2, -0.15) is 9.78 Å². The minimum Gasteiger partial charge on any atom is -0.480 e. The summed E-state index contributed by atoms with van der Waals surface area (Å²) in [5, 5.41) is 16.4. The highest BCUT2D eigenvalue weighted by Gasteiger charge is 2.23. The molecular weight excluding hydrogens is 341 g/mol. The molecule has 0 unspecified atom stereocenters. The highest BCUT2D eigenvalue weighted by atomic mass is 35.5. The first-order valence-corrected chi connectivity index (χ1v) is 7.60. The van der Waals surface area contributed by atoms with E-state index in [1.165, 1.54) is 6.20 Å². The van der Waals surface area contributed by atoms with Gasteiger partial charge in [-0.05, 0) is 30.2 Å². The molecule has 23 heavy (non-hydrogen) atoms. The Morgan fingerprint density at radius 3 is 2.39 bits per heavy atom. The molecule has 0 aliphatic heterocycles. The van der Waals surface area contributed by atoms with Gasteiger partial charge in [0, 0.05) is 5.02 Å². The zero-order chi connectivity index (χ0) is 17.1. The summed E-state index contributed by atoms with van der Waals surface area (Å²) in [5.41, 5.74) is 0.140. The van der Waals surface area contributed by atoms with E-state index < -0.39 is 17.6 Å². The molecule has 1 heterocycles. The van der Waals surface area contributed by atoms with Gasteiger partial charge in [0.05, 0.1) is 17.6 Å². The second-order valence-electron chi connectivity index (χ2n) is 5.27. The van der Waals surface area contributed by atoms with E-state index in [0.717, 1.165) is 4.68 Å². The van der Waals surface area contributed by atoms with E-state index >= 15 is 0 Å². The van der Waals surface area contributed by atoms with E-state index in [-0.39, 0.29) is 16.6 Å². The monoisotopic (exact) mass is 355 g/mol. The summed E-state index contributed by atoms with van der Waals surface area (Å²) < 4.78 is 1.12. The van der Waals surface area contributed by atoms with Crippen LogP contribution in [-0.4, -0.2) is 26.9 Å². The largest absolute Gasteiger partial charge is 0.480 e. The van der Waals surface area contributed by atoms with Gasteiger partial charge in [-0.15, -0.1) is 0 Å². The van der Waals surface area contributed by atoms with E-state index in [1.807, 2.05) is 0 Å². The topological polar surface area (TPSA) is 84.2 Å². The lowest BCUT2D eigenvalue weighted by Gasteiger charge is -2.19. The number of benzene rings is 1. The van der Waals surface area contributed by atoms with Gasteiger partial charge in [0.2, 0.25) is 0 Å². The SMILES string of the molecule is CC(C)[C@@H](Nc1cnn(-c2ccc(Cl)cc2)c(=O)c1Cl)C(=O)O. The number of hydrogen-bond acceptors (Lipinski definition) is 4. The minimum atomic E-state index is -1.03. The Morgan fingerprint density at radius 1 is 1.26 bits per heavy atom. The highest BCUT2D eigenvalue weighted by Crippen LogP contribution is 2.20. The van der Waals surface area contributed by atoms with Crippen molar-refractivity contribution in [3.63, 3.8) is 0 Å². The standard InChI is InChI=1S/C15H15Cl2N3O3/c1-8(2)13(15(22)23)19-11-7-18-20(14(21)12(11)17)10-5-3-9(16)4-6-10/h3-8,13,19H,1-2H3,(H,22,23)/t13-/m1/s1. The third-order valence-electron chi connectivity index (χ3n) is 3.23. The van der Waals surface area contributed by atoms with Crippen molar-refractivity contribution < 1.29 is 9.90 Å². The van der Waals surface area contributed by atoms with Crippen LogP contribution in [0, 0.1) is 5.92 Å². The van der Waals surface area contributed by atoms with Crippen molar-refractivity contribution in [2.75, 3.05) is 5.32 Å². The second-order valence-corrected chi connectivity index (χ2v) is 6.08. The Labute approximate surface area is 142 Å². The van der Waals surface area contributed by atoms with Crippen LogP contribution in [0.25, 0.3) is 5.69 Å². The number of carbonyl (C=O) groups is 1. The normalized spacial score (nSPS) is 12.2. The zero-order valence-corrected chi connectivity index (χ0v) is 14.0. The number of rotatable bonds is 5. The smallest absolute Gasteiger partial charge is 0.326 e. The minimum absolute atomic E-state index is 0.123. The van der Waals surface area contributed by atoms with Crippen molar-refractivity contribution in [2.24, 2.45) is 5.92 Å². The highest BCUT2D eigenvalue weighted by molar-refractivity contribution is 6.33. The predicted molar refractivity (Wildman–Crippen MR) is 89.7 cm³/mol. The van der Waals surface area contributed by atoms with Gasteiger partial charge < -0.3 is 10.4 Å². The van der Waals surface area contributed by atoms with E-state index in [9.17, 15) is 14.7 Å². The van der Waals surface area contributed by atoms with Crippen LogP contribution < -0.4 is 10.9 Å². The van der Waals surface area contributed by atoms with Crippen LogP contribution in [0.2, 0.25) is 10.0 Å². The summed E-state index contributed by atoms with van der Waals surface area (Å²) in [6.45, 7) is 3.50. The fraction of sp³-hybridized carbons (Fsp3) is 0.267. The Kier molecular flexibility index (Phi) is 5.28. The van der Waals surface area contributed by atoms with E-state index in [4.69, 9.17) is 23.2 Å². The van der Waals surface area contributed by atoms with Crippen LogP contribution >= 0.6 is 23.2 Å². The molecule has 122 valence electrons. The van der Waals surface area contributed by atoms with Crippen molar-refractivity contribution >= 4 is 34.9 Å². The lowest BCUT2D eigenvalue weighted by Crippen LogP contribution is -2.35. The van der Waals surface area contributed by atoms with Crippen molar-refractivity contribution in [2.45, 2.75) is 19.9 Å². The summed E-state index contributed by atoms with van der Waals surface area (Å²) in [6, 6.07) is 5.65. The molecule has 1 aromatic carbocycles. The van der Waals surface area contributed by atoms with Gasteiger partial charge in [0.25, 0.3) is 5.56 Å². The predicted octanol–water partition coefficient (Wildman–Crippen LogP) is 3.06. The molecule has 0 bridgehead atoms. The van der Waals surface area contributed by atoms with Crippen molar-refractivity contribution in [3.05, 3.63) is 50.9 Å². The number of hydrogen-bond donors (Lipinski definition) is 2. The number of carboxylic acid groups (broad SMARTS) is 1. The van der Waals surface area contributed by atoms with Crippen LogP contribution in [0.4, 0.5) is 5.69 Å². The van der Waals surface area contributed by atoms with E-state index in [2.05, 4.69) is 10.4 Å². The lowest BCUT2D eigenvalue weighted by molar-refractivity contribution is -0.138. The molecule has 1 atom stereocenters. The van der Waals surface area contributed by atoms with E-state index in [1.54, 1.807) is 38.1 Å². The number of halogens is 2. The van der Waals surface area contributed by atoms with Crippen LogP contribution in [0.15, 0.2) is 35.3 Å². The van der Waals surface area contributed by atoms with Crippen molar-refractivity contribution in [3.8, 4) is 5.69 Å². The van der Waals surface area contributed by atoms with Crippen molar-refractivity contribution in [1.82, 2.24) is 9.78 Å². The molecule has 0 spiro atoms. The summed E-state index contributed by atoms with van der Waals surface area (Å²) in [6.07, 6.45) is 1.33. The lowest BCUT2D eigenvalue weighted by atomic mass is 10.0. The third kappa shape index (κ3) is 3.83. The first kappa shape index (κ1) is 17.3. The fourth-order valence-corrected chi connectivity index (χ4v) is 2.29. The molecule has 0 aliphatic carbocycles. The Bertz CT molecular complexity index is 773. The maximum atomic E-state index is 12.3. The van der Waals surface area contributed by atoms with Gasteiger partial charge in [0.15, 0.2) is 0 Å². The quantitative estimate of drug-likeness (QED) is 0.860. The number of aliphatic carboxylic acids is 1. The van der Waals surface area contributed by atoms with Gasteiger partial charge in [-0.1, -0.05) is 37.0 Å². The van der Waals surface area contributed by atoms with Gasteiger partial charge >= 0.3 is 5.97 Å². The molecule has 0 amide bonds. The zero-order valence-electron chi connectivity index (χ0n) is 12.5. The number of anilines is 1. The van der Waals surface area contributed by atoms with Crippen LogP contribution in [0.5, 0.6) is 0 Å². The molecule has 0 aliphatic rings. The average Bonchev–Trinajstić information content (AvgIpc) is 2.49. The van der Waals surface area contributed by atoms with Crippen LogP contribution in [-0.2, 0) is 4.79 Å². The Morgan fingerprint density at radius 2 is 1.87 bits per heavy atom. The van der Waals surface area contributed by atoms with E-state index in [0.29, 0.717) is 10.7 Å². The molecule has 1 aromatic heterocycles. The summed E-state index contributed by atoms with van der Waals surface area (Å²) >= 11 is 11.9. The molecule has 0 fully saturated rings. The molecule has 2 rings (SSSR count). The van der Waals surface area contributed by atoms with Gasteiger partial charge in [-0.25, -0.2) is 4.79 Å². The molecule has 2 N–H and O–H groups in total. The molecule has 8 heteroatoms. The molecule has 0 radical (unpaired) electrons. The Balaban J connectivity index is 2.40. The number of nitrogens with zero attached hydrogens (tertiary/aromatic N) is 2. The first-order chi connectivity index (χ1) is 10.8. The maximum Gasteiger partial charge on any atom is 0.326 e. The second kappa shape index (κ2) is 7.02. The van der Waals surface area contributed by atoms with Crippen molar-refractivity contribution in [1.29, 1.82) is 0 Å². The number of carboxylic acids is 1. The average molecular weight is 356 g/mol. The summed E-state index contributed by atoms with van der Waals surface area (Å²) in [7, 11) is 0. The molecule has 0 saturated heterocycles. The molecule has 2 aromatic rings. The maximum absolute atomic E-state index is 12.3. The molecule has 6 nitrogen and oxygen atoms in total. The van der Waals surface area contributed by atoms with Crippen LogP contribution in [0.3, 0.4) is 0 Å². The van der Waals surface area contributed by atoms with Gasteiger partial charge in [-0.3, -0.25) is 4.79 Å². The molecule has 0 saturated carbocycles. The Hall–Kier alpha value is -2.05. The summed E-state index contributed by atoms with van der Waals surface area (Å²) in [4.78, 5) is 23.6. The number of aromatic nitrogens is 2. The first-order valence-electron chi connectivity index (χ1n) is 6.84. The molecular formula is C15H15Cl2N3O3. The number of nitrogens with one attached hydrogen (secondary N) is 1. The summed E-state index contributed by atoms with van der Waals surface area (Å²) in [5.74, 6) is -1.22. The fourth-order valence-electron chi connectivity index (χ4n) is 1.98. The van der Waals surface area contributed by atoms with Gasteiger partial charge in [0.1, 0.15) is 11.1 Å².